The molecule has 1 amide bonds. The van der Waals surface area contributed by atoms with E-state index < -0.39 is 0 Å². The van der Waals surface area contributed by atoms with E-state index in [0.717, 1.165) is 51.2 Å². The van der Waals surface area contributed by atoms with Crippen molar-refractivity contribution < 1.29 is 4.79 Å². The molecule has 5 rings (SSSR count). The Bertz CT molecular complexity index is 1230. The molecule has 6 nitrogen and oxygen atoms in total. The van der Waals surface area contributed by atoms with Gasteiger partial charge in [0.25, 0.3) is 0 Å². The first-order chi connectivity index (χ1) is 14.6. The van der Waals surface area contributed by atoms with E-state index in [2.05, 4.69) is 22.4 Å². The van der Waals surface area contributed by atoms with Crippen LogP contribution in [0.4, 0.5) is 0 Å². The minimum atomic E-state index is -0.0193. The summed E-state index contributed by atoms with van der Waals surface area (Å²) in [5, 5.41) is 13.7. The summed E-state index contributed by atoms with van der Waals surface area (Å²) in [5.74, 6) is 1.86. The lowest BCUT2D eigenvalue weighted by molar-refractivity contribution is -0.118. The molecule has 8 heteroatoms. The highest BCUT2D eigenvalue weighted by Gasteiger charge is 2.25. The summed E-state index contributed by atoms with van der Waals surface area (Å²) < 4.78 is 2.00. The Morgan fingerprint density at radius 1 is 1.30 bits per heavy atom. The van der Waals surface area contributed by atoms with Gasteiger partial charge < -0.3 is 5.32 Å². The Morgan fingerprint density at radius 3 is 2.97 bits per heavy atom. The quantitative estimate of drug-likeness (QED) is 0.474. The summed E-state index contributed by atoms with van der Waals surface area (Å²) in [6, 6.07) is 9.91. The molecule has 0 spiro atoms. The lowest BCUT2D eigenvalue weighted by Crippen LogP contribution is -2.24. The van der Waals surface area contributed by atoms with Gasteiger partial charge in [0.15, 0.2) is 10.8 Å². The number of thioether (sulfide) groups is 1. The lowest BCUT2D eigenvalue weighted by atomic mass is 9.89. The van der Waals surface area contributed by atoms with Crippen molar-refractivity contribution in [2.45, 2.75) is 44.8 Å². The number of carbonyl (C=O) groups is 1. The van der Waals surface area contributed by atoms with E-state index in [1.807, 2.05) is 41.7 Å². The van der Waals surface area contributed by atoms with Crippen molar-refractivity contribution in [2.75, 3.05) is 5.75 Å². The second-order valence-corrected chi connectivity index (χ2v) is 9.91. The summed E-state index contributed by atoms with van der Waals surface area (Å²) in [7, 11) is 0. The molecular formula is C22H23N5OS2. The predicted molar refractivity (Wildman–Crippen MR) is 121 cm³/mol. The van der Waals surface area contributed by atoms with E-state index in [0.29, 0.717) is 12.3 Å². The molecule has 154 valence electrons. The maximum Gasteiger partial charge on any atom is 0.230 e. The largest absolute Gasteiger partial charge is 0.351 e. The maximum absolute atomic E-state index is 12.3. The number of aromatic nitrogens is 4. The van der Waals surface area contributed by atoms with Gasteiger partial charge in [0, 0.05) is 11.4 Å². The fraction of sp³-hybridized carbons (Fsp3) is 0.364. The number of nitrogens with zero attached hydrogens (tertiary/aromatic N) is 4. The Labute approximate surface area is 183 Å². The van der Waals surface area contributed by atoms with Gasteiger partial charge in [-0.1, -0.05) is 49.0 Å². The van der Waals surface area contributed by atoms with E-state index in [1.165, 1.54) is 28.6 Å². The SMILES string of the molecule is Cc1nc2sc3c(c2c2nnc(SCC(=O)NCc4ccccc4)n12)CC[C@@H](C)C3. The van der Waals surface area contributed by atoms with E-state index in [1.54, 1.807) is 11.3 Å². The summed E-state index contributed by atoms with van der Waals surface area (Å²) in [6.45, 7) is 4.83. The molecule has 0 radical (unpaired) electrons. The van der Waals surface area contributed by atoms with Crippen LogP contribution in [-0.2, 0) is 24.2 Å². The molecule has 1 aromatic carbocycles. The molecule has 0 bridgehead atoms. The highest BCUT2D eigenvalue weighted by atomic mass is 32.2. The third-order valence-corrected chi connectivity index (χ3v) is 7.68. The number of fused-ring (bicyclic) bond motifs is 5. The van der Waals surface area contributed by atoms with Crippen molar-refractivity contribution in [3.05, 3.63) is 52.2 Å². The minimum Gasteiger partial charge on any atom is -0.351 e. The smallest absolute Gasteiger partial charge is 0.230 e. The average molecular weight is 438 g/mol. The Hall–Kier alpha value is -2.45. The molecule has 3 heterocycles. The van der Waals surface area contributed by atoms with Crippen LogP contribution in [0.3, 0.4) is 0 Å². The van der Waals surface area contributed by atoms with Gasteiger partial charge in [0.1, 0.15) is 10.7 Å². The lowest BCUT2D eigenvalue weighted by Gasteiger charge is -2.17. The number of benzene rings is 1. The second-order valence-electron chi connectivity index (χ2n) is 7.88. The molecule has 1 aliphatic rings. The number of aryl methyl sites for hydroxylation is 2. The topological polar surface area (TPSA) is 72.2 Å². The number of carbonyl (C=O) groups excluding carboxylic acids is 1. The average Bonchev–Trinajstić information content (AvgIpc) is 3.32. The normalized spacial score (nSPS) is 16.1. The van der Waals surface area contributed by atoms with E-state index in [-0.39, 0.29) is 5.91 Å². The second kappa shape index (κ2) is 8.00. The first-order valence-electron chi connectivity index (χ1n) is 10.2. The monoisotopic (exact) mass is 437 g/mol. The molecule has 1 N–H and O–H groups in total. The molecule has 0 fully saturated rings. The molecule has 1 aliphatic carbocycles. The number of amides is 1. The summed E-state index contributed by atoms with van der Waals surface area (Å²) in [5.41, 5.74) is 3.36. The maximum atomic E-state index is 12.3. The third-order valence-electron chi connectivity index (χ3n) is 5.60. The molecule has 0 unspecified atom stereocenters. The van der Waals surface area contributed by atoms with Gasteiger partial charge in [-0.15, -0.1) is 21.5 Å². The molecule has 3 aromatic heterocycles. The zero-order chi connectivity index (χ0) is 20.7. The molecule has 1 atom stereocenters. The number of rotatable bonds is 5. The van der Waals surface area contributed by atoms with E-state index in [9.17, 15) is 4.79 Å². The number of nitrogens with one attached hydrogen (secondary N) is 1. The Morgan fingerprint density at radius 2 is 2.13 bits per heavy atom. The van der Waals surface area contributed by atoms with Crippen LogP contribution in [0.5, 0.6) is 0 Å². The van der Waals surface area contributed by atoms with Gasteiger partial charge in [0.2, 0.25) is 5.91 Å². The standard InChI is InChI=1S/C22H23N5OS2/c1-13-8-9-16-17(10-13)30-21-19(16)20-25-26-22(27(20)14(2)24-21)29-12-18(28)23-11-15-6-4-3-5-7-15/h3-7,13H,8-12H2,1-2H3,(H,23,28)/t13-/m1/s1. The summed E-state index contributed by atoms with van der Waals surface area (Å²) in [4.78, 5) is 19.7. The predicted octanol–water partition coefficient (Wildman–Crippen LogP) is 4.18. The fourth-order valence-corrected chi connectivity index (χ4v) is 6.27. The Kier molecular flexibility index (Phi) is 5.20. The first kappa shape index (κ1) is 19.5. The van der Waals surface area contributed by atoms with Crippen molar-refractivity contribution in [3.63, 3.8) is 0 Å². The van der Waals surface area contributed by atoms with Gasteiger partial charge in [-0.3, -0.25) is 9.20 Å². The molecular weight excluding hydrogens is 414 g/mol. The van der Waals surface area contributed by atoms with E-state index >= 15 is 0 Å². The van der Waals surface area contributed by atoms with Gasteiger partial charge >= 0.3 is 0 Å². The molecule has 4 aromatic rings. The number of thiophene rings is 1. The molecule has 0 saturated heterocycles. The van der Waals surface area contributed by atoms with Crippen LogP contribution in [0.25, 0.3) is 15.9 Å². The highest BCUT2D eigenvalue weighted by Crippen LogP contribution is 2.39. The van der Waals surface area contributed by atoms with Gasteiger partial charge in [-0.25, -0.2) is 4.98 Å². The number of hydrogen-bond donors (Lipinski definition) is 1. The first-order valence-corrected chi connectivity index (χ1v) is 12.0. The zero-order valence-corrected chi connectivity index (χ0v) is 18.6. The Balaban J connectivity index is 1.38. The van der Waals surface area contributed by atoms with Crippen LogP contribution < -0.4 is 5.32 Å². The van der Waals surface area contributed by atoms with Crippen LogP contribution in [0.1, 0.15) is 35.2 Å². The van der Waals surface area contributed by atoms with Crippen LogP contribution >= 0.6 is 23.1 Å². The highest BCUT2D eigenvalue weighted by molar-refractivity contribution is 7.99. The van der Waals surface area contributed by atoms with E-state index in [4.69, 9.17) is 4.98 Å². The van der Waals surface area contributed by atoms with Crippen molar-refractivity contribution in [1.82, 2.24) is 24.9 Å². The molecule has 0 saturated carbocycles. The summed E-state index contributed by atoms with van der Waals surface area (Å²) in [6.07, 6.45) is 3.41. The van der Waals surface area contributed by atoms with Crippen LogP contribution in [-0.4, -0.2) is 31.2 Å². The third kappa shape index (κ3) is 3.58. The van der Waals surface area contributed by atoms with Crippen molar-refractivity contribution in [2.24, 2.45) is 5.92 Å². The molecule has 30 heavy (non-hydrogen) atoms. The van der Waals surface area contributed by atoms with Crippen molar-refractivity contribution in [3.8, 4) is 0 Å². The van der Waals surface area contributed by atoms with Crippen molar-refractivity contribution >= 4 is 44.9 Å². The van der Waals surface area contributed by atoms with Gasteiger partial charge in [0.05, 0.1) is 11.1 Å². The van der Waals surface area contributed by atoms with Gasteiger partial charge in [-0.2, -0.15) is 0 Å². The fourth-order valence-electron chi connectivity index (χ4n) is 4.04. The number of hydrogen-bond acceptors (Lipinski definition) is 6. The zero-order valence-electron chi connectivity index (χ0n) is 17.0. The van der Waals surface area contributed by atoms with Crippen LogP contribution in [0.15, 0.2) is 35.5 Å². The van der Waals surface area contributed by atoms with Gasteiger partial charge in [-0.05, 0) is 43.2 Å². The molecule has 0 aliphatic heterocycles. The van der Waals surface area contributed by atoms with Crippen molar-refractivity contribution in [1.29, 1.82) is 0 Å². The van der Waals surface area contributed by atoms with Crippen LogP contribution in [0, 0.1) is 12.8 Å². The summed E-state index contributed by atoms with van der Waals surface area (Å²) >= 11 is 3.20. The minimum absolute atomic E-state index is 0.0193. The van der Waals surface area contributed by atoms with Crippen LogP contribution in [0.2, 0.25) is 0 Å².